The van der Waals surface area contributed by atoms with E-state index < -0.39 is 0 Å². The minimum Gasteiger partial charge on any atom is -0.484 e. The highest BCUT2D eigenvalue weighted by Crippen LogP contribution is 2.36. The fourth-order valence-electron chi connectivity index (χ4n) is 3.31. The third kappa shape index (κ3) is 5.50. The Balaban J connectivity index is 1.42. The molecule has 34 heavy (non-hydrogen) atoms. The smallest absolute Gasteiger partial charge is 0.270 e. The van der Waals surface area contributed by atoms with E-state index in [2.05, 4.69) is 5.32 Å². The molecular weight excluding hydrogens is 488 g/mol. The number of carbonyl (C=O) groups excluding carboxylic acids is 2. The largest absolute Gasteiger partial charge is 0.484 e. The first-order valence-corrected chi connectivity index (χ1v) is 12.0. The highest BCUT2D eigenvalue weighted by Gasteiger charge is 2.33. The second kappa shape index (κ2) is 10.4. The molecule has 0 spiro atoms. The van der Waals surface area contributed by atoms with E-state index in [-0.39, 0.29) is 18.4 Å². The Labute approximate surface area is 212 Å². The van der Waals surface area contributed by atoms with Crippen LogP contribution in [0.2, 0.25) is 5.02 Å². The second-order valence-corrected chi connectivity index (χ2v) is 9.76. The molecule has 4 rings (SSSR count). The quantitative estimate of drug-likeness (QED) is 0.309. The molecule has 2 amide bonds. The zero-order valence-corrected chi connectivity index (χ0v) is 20.9. The van der Waals surface area contributed by atoms with Gasteiger partial charge in [0.25, 0.3) is 11.8 Å². The molecule has 1 fully saturated rings. The number of benzene rings is 3. The normalized spacial score (nSPS) is 14.6. The Morgan fingerprint density at radius 3 is 2.62 bits per heavy atom. The van der Waals surface area contributed by atoms with Crippen molar-refractivity contribution in [3.63, 3.8) is 0 Å². The molecule has 0 saturated carbocycles. The molecule has 0 unspecified atom stereocenters. The van der Waals surface area contributed by atoms with E-state index >= 15 is 0 Å². The van der Waals surface area contributed by atoms with Crippen molar-refractivity contribution in [3.8, 4) is 5.75 Å². The molecule has 5 nitrogen and oxygen atoms in total. The molecule has 1 heterocycles. The second-order valence-electron chi connectivity index (χ2n) is 7.67. The SMILES string of the molecule is Cc1ccc(N2C(=O)/C(=C/c3cccc(OCC(=O)Nc4cccc(Cl)c4C)c3)SC2=S)cc1. The lowest BCUT2D eigenvalue weighted by molar-refractivity contribution is -0.118. The summed E-state index contributed by atoms with van der Waals surface area (Å²) in [6, 6.07) is 20.2. The first-order valence-electron chi connectivity index (χ1n) is 10.4. The summed E-state index contributed by atoms with van der Waals surface area (Å²) < 4.78 is 6.15. The molecule has 3 aromatic rings. The first kappa shape index (κ1) is 24.0. The van der Waals surface area contributed by atoms with E-state index in [4.69, 9.17) is 28.6 Å². The predicted molar refractivity (Wildman–Crippen MR) is 144 cm³/mol. The molecule has 1 aliphatic heterocycles. The maximum atomic E-state index is 13.0. The molecule has 0 bridgehead atoms. The number of nitrogens with zero attached hydrogens (tertiary/aromatic N) is 1. The number of carbonyl (C=O) groups is 2. The van der Waals surface area contributed by atoms with Crippen molar-refractivity contribution in [2.45, 2.75) is 13.8 Å². The number of amides is 2. The van der Waals surface area contributed by atoms with Gasteiger partial charge in [-0.3, -0.25) is 14.5 Å². The van der Waals surface area contributed by atoms with Crippen LogP contribution < -0.4 is 15.0 Å². The fourth-order valence-corrected chi connectivity index (χ4v) is 4.78. The summed E-state index contributed by atoms with van der Waals surface area (Å²) in [6.45, 7) is 3.67. The third-order valence-corrected chi connectivity index (χ3v) is 6.87. The molecule has 0 aliphatic carbocycles. The fraction of sp³-hybridized carbons (Fsp3) is 0.115. The number of nitrogens with one attached hydrogen (secondary N) is 1. The maximum Gasteiger partial charge on any atom is 0.270 e. The lowest BCUT2D eigenvalue weighted by Gasteiger charge is -2.14. The van der Waals surface area contributed by atoms with Crippen molar-refractivity contribution < 1.29 is 14.3 Å². The van der Waals surface area contributed by atoms with Gasteiger partial charge in [-0.1, -0.05) is 71.5 Å². The van der Waals surface area contributed by atoms with Crippen LogP contribution in [0.15, 0.2) is 71.6 Å². The van der Waals surface area contributed by atoms with Crippen molar-refractivity contribution in [1.29, 1.82) is 0 Å². The highest BCUT2D eigenvalue weighted by atomic mass is 35.5. The number of hydrogen-bond donors (Lipinski definition) is 1. The van der Waals surface area contributed by atoms with E-state index in [0.29, 0.717) is 25.7 Å². The number of halogens is 1. The van der Waals surface area contributed by atoms with Gasteiger partial charge in [0, 0.05) is 10.7 Å². The van der Waals surface area contributed by atoms with Crippen molar-refractivity contribution >= 4 is 69.2 Å². The molecule has 0 aromatic heterocycles. The van der Waals surface area contributed by atoms with Crippen LogP contribution in [0.25, 0.3) is 6.08 Å². The van der Waals surface area contributed by atoms with Crippen LogP contribution in [0.3, 0.4) is 0 Å². The summed E-state index contributed by atoms with van der Waals surface area (Å²) in [5, 5.41) is 3.38. The molecule has 1 saturated heterocycles. The van der Waals surface area contributed by atoms with Gasteiger partial charge in [0.05, 0.1) is 10.6 Å². The van der Waals surface area contributed by atoms with Gasteiger partial charge < -0.3 is 10.1 Å². The summed E-state index contributed by atoms with van der Waals surface area (Å²) in [4.78, 5) is 27.4. The standard InChI is InChI=1S/C26H21ClN2O3S2/c1-16-9-11-19(12-10-16)29-25(31)23(34-26(29)33)14-18-5-3-6-20(13-18)32-15-24(30)28-22-8-4-7-21(27)17(22)2/h3-14H,15H2,1-2H3,(H,28,30)/b23-14-. The number of anilines is 2. The van der Waals surface area contributed by atoms with E-state index in [9.17, 15) is 9.59 Å². The van der Waals surface area contributed by atoms with Crippen LogP contribution >= 0.6 is 35.6 Å². The molecule has 3 aromatic carbocycles. The number of rotatable bonds is 6. The van der Waals surface area contributed by atoms with Gasteiger partial charge in [0.2, 0.25) is 0 Å². The molecule has 0 atom stereocenters. The monoisotopic (exact) mass is 508 g/mol. The van der Waals surface area contributed by atoms with Crippen molar-refractivity contribution in [2.24, 2.45) is 0 Å². The average molecular weight is 509 g/mol. The molecule has 1 N–H and O–H groups in total. The Bertz CT molecular complexity index is 1310. The van der Waals surface area contributed by atoms with Gasteiger partial charge in [-0.15, -0.1) is 0 Å². The van der Waals surface area contributed by atoms with Crippen LogP contribution in [0.5, 0.6) is 5.75 Å². The molecule has 8 heteroatoms. The Kier molecular flexibility index (Phi) is 7.36. The van der Waals surface area contributed by atoms with Gasteiger partial charge in [-0.05, 0) is 67.4 Å². The van der Waals surface area contributed by atoms with E-state index in [1.54, 1.807) is 42.5 Å². The van der Waals surface area contributed by atoms with Crippen LogP contribution in [0, 0.1) is 13.8 Å². The average Bonchev–Trinajstić information content (AvgIpc) is 3.09. The maximum absolute atomic E-state index is 13.0. The third-order valence-electron chi connectivity index (χ3n) is 5.15. The van der Waals surface area contributed by atoms with Crippen LogP contribution in [-0.4, -0.2) is 22.7 Å². The van der Waals surface area contributed by atoms with Crippen LogP contribution in [0.4, 0.5) is 11.4 Å². The van der Waals surface area contributed by atoms with Crippen LogP contribution in [0.1, 0.15) is 16.7 Å². The van der Waals surface area contributed by atoms with E-state index in [1.807, 2.05) is 44.2 Å². The highest BCUT2D eigenvalue weighted by molar-refractivity contribution is 8.27. The summed E-state index contributed by atoms with van der Waals surface area (Å²) in [7, 11) is 0. The molecule has 0 radical (unpaired) electrons. The number of aryl methyl sites for hydroxylation is 1. The summed E-state index contributed by atoms with van der Waals surface area (Å²) in [6.07, 6.45) is 1.77. The van der Waals surface area contributed by atoms with Gasteiger partial charge in [-0.2, -0.15) is 0 Å². The Morgan fingerprint density at radius 2 is 1.85 bits per heavy atom. The summed E-state index contributed by atoms with van der Waals surface area (Å²) in [5.74, 6) is 0.0527. The minimum atomic E-state index is -0.297. The van der Waals surface area contributed by atoms with Gasteiger partial charge in [-0.25, -0.2) is 0 Å². The number of thiocarbonyl (C=S) groups is 1. The van der Waals surface area contributed by atoms with Crippen molar-refractivity contribution in [1.82, 2.24) is 0 Å². The molecular formula is C26H21ClN2O3S2. The van der Waals surface area contributed by atoms with Gasteiger partial charge in [0.1, 0.15) is 5.75 Å². The number of ether oxygens (including phenoxy) is 1. The zero-order valence-electron chi connectivity index (χ0n) is 18.5. The van der Waals surface area contributed by atoms with Crippen molar-refractivity contribution in [2.75, 3.05) is 16.8 Å². The Morgan fingerprint density at radius 1 is 1.12 bits per heavy atom. The van der Waals surface area contributed by atoms with Gasteiger partial charge >= 0.3 is 0 Å². The summed E-state index contributed by atoms with van der Waals surface area (Å²) >= 11 is 12.8. The first-order chi connectivity index (χ1) is 16.3. The minimum absolute atomic E-state index is 0.162. The summed E-state index contributed by atoms with van der Waals surface area (Å²) in [5.41, 5.74) is 4.06. The van der Waals surface area contributed by atoms with E-state index in [0.717, 1.165) is 22.4 Å². The molecule has 1 aliphatic rings. The lowest BCUT2D eigenvalue weighted by Crippen LogP contribution is -2.27. The predicted octanol–water partition coefficient (Wildman–Crippen LogP) is 6.38. The zero-order chi connectivity index (χ0) is 24.2. The van der Waals surface area contributed by atoms with Crippen LogP contribution in [-0.2, 0) is 9.59 Å². The lowest BCUT2D eigenvalue weighted by atomic mass is 10.2. The van der Waals surface area contributed by atoms with Crippen molar-refractivity contribution in [3.05, 3.63) is 93.3 Å². The Hall–Kier alpha value is -3.13. The molecule has 172 valence electrons. The number of hydrogen-bond acceptors (Lipinski definition) is 5. The topological polar surface area (TPSA) is 58.6 Å². The van der Waals surface area contributed by atoms with Gasteiger partial charge in [0.15, 0.2) is 10.9 Å². The van der Waals surface area contributed by atoms with E-state index in [1.165, 1.54) is 16.7 Å². The number of thioether (sulfide) groups is 1.